The van der Waals surface area contributed by atoms with Crippen molar-refractivity contribution in [1.29, 1.82) is 0 Å². The van der Waals surface area contributed by atoms with Crippen molar-refractivity contribution in [3.05, 3.63) is 74.8 Å². The van der Waals surface area contributed by atoms with Crippen LogP contribution in [0.4, 0.5) is 13.2 Å². The topological polar surface area (TPSA) is 47.2 Å². The van der Waals surface area contributed by atoms with Crippen molar-refractivity contribution in [2.24, 2.45) is 4.99 Å². The number of aromatic nitrogens is 2. The van der Waals surface area contributed by atoms with Gasteiger partial charge in [0, 0.05) is 23.0 Å². The summed E-state index contributed by atoms with van der Waals surface area (Å²) in [6, 6.07) is 7.78. The summed E-state index contributed by atoms with van der Waals surface area (Å²) in [7, 11) is 0. The quantitative estimate of drug-likeness (QED) is 0.591. The first-order valence-corrected chi connectivity index (χ1v) is 8.51. The summed E-state index contributed by atoms with van der Waals surface area (Å²) in [5, 5.41) is 0.243. The second kappa shape index (κ2) is 7.05. The lowest BCUT2D eigenvalue weighted by Gasteiger charge is -2.09. The molecule has 4 nitrogen and oxygen atoms in total. The van der Waals surface area contributed by atoms with E-state index in [9.17, 15) is 18.0 Å². The van der Waals surface area contributed by atoms with Gasteiger partial charge in [-0.2, -0.15) is 18.2 Å². The Kier molecular flexibility index (Phi) is 4.97. The molecule has 134 valence electrons. The molecule has 2 aromatic heterocycles. The first kappa shape index (κ1) is 18.3. The Labute approximate surface area is 155 Å². The predicted molar refractivity (Wildman–Crippen MR) is 92.5 cm³/mol. The third-order valence-corrected chi connectivity index (χ3v) is 4.51. The van der Waals surface area contributed by atoms with E-state index in [4.69, 9.17) is 11.6 Å². The fraction of sp³-hybridized carbons (Fsp3) is 0.118. The van der Waals surface area contributed by atoms with Gasteiger partial charge in [-0.1, -0.05) is 17.7 Å². The molecule has 0 unspecified atom stereocenters. The molecule has 0 atom stereocenters. The zero-order valence-electron chi connectivity index (χ0n) is 13.3. The van der Waals surface area contributed by atoms with Crippen LogP contribution in [0.15, 0.2) is 53.8 Å². The van der Waals surface area contributed by atoms with E-state index < -0.39 is 17.6 Å². The summed E-state index contributed by atoms with van der Waals surface area (Å²) >= 11 is 6.89. The second-order valence-electron chi connectivity index (χ2n) is 5.33. The average Bonchev–Trinajstić information content (AvgIpc) is 2.95. The minimum absolute atomic E-state index is 0.232. The van der Waals surface area contributed by atoms with Crippen molar-refractivity contribution in [3.8, 4) is 5.69 Å². The number of rotatable bonds is 2. The van der Waals surface area contributed by atoms with Crippen LogP contribution in [0.25, 0.3) is 5.69 Å². The van der Waals surface area contributed by atoms with Crippen molar-refractivity contribution in [2.45, 2.75) is 13.1 Å². The third kappa shape index (κ3) is 4.03. The van der Waals surface area contributed by atoms with Crippen molar-refractivity contribution >= 4 is 28.8 Å². The van der Waals surface area contributed by atoms with E-state index >= 15 is 0 Å². The molecule has 0 aliphatic carbocycles. The van der Waals surface area contributed by atoms with Crippen LogP contribution in [0.3, 0.4) is 0 Å². The zero-order valence-corrected chi connectivity index (χ0v) is 14.9. The van der Waals surface area contributed by atoms with Crippen molar-refractivity contribution in [1.82, 2.24) is 9.55 Å². The molecule has 3 rings (SSSR count). The van der Waals surface area contributed by atoms with Gasteiger partial charge in [-0.3, -0.25) is 9.36 Å². The molecule has 0 aliphatic heterocycles. The maximum atomic E-state index is 13.0. The first-order valence-electron chi connectivity index (χ1n) is 7.31. The summed E-state index contributed by atoms with van der Waals surface area (Å²) < 4.78 is 40.3. The van der Waals surface area contributed by atoms with Crippen molar-refractivity contribution in [2.75, 3.05) is 0 Å². The Bertz CT molecular complexity index is 1020. The molecule has 0 spiro atoms. The molecule has 0 saturated carbocycles. The maximum absolute atomic E-state index is 13.0. The number of thiazole rings is 1. The highest BCUT2D eigenvalue weighted by Gasteiger charge is 2.30. The number of pyridine rings is 1. The minimum atomic E-state index is -4.45. The van der Waals surface area contributed by atoms with Crippen molar-refractivity contribution < 1.29 is 18.0 Å². The Morgan fingerprint density at radius 2 is 2.04 bits per heavy atom. The van der Waals surface area contributed by atoms with Gasteiger partial charge in [0.2, 0.25) is 0 Å². The molecular weight excluding hydrogens is 387 g/mol. The molecule has 0 bridgehead atoms. The van der Waals surface area contributed by atoms with Gasteiger partial charge in [-0.05, 0) is 37.3 Å². The van der Waals surface area contributed by atoms with E-state index in [0.717, 1.165) is 17.0 Å². The van der Waals surface area contributed by atoms with Gasteiger partial charge in [0.05, 0.1) is 11.1 Å². The van der Waals surface area contributed by atoms with Crippen molar-refractivity contribution in [3.63, 3.8) is 0 Å². The van der Waals surface area contributed by atoms with Crippen LogP contribution in [0.2, 0.25) is 5.15 Å². The van der Waals surface area contributed by atoms with Crippen LogP contribution in [-0.2, 0) is 6.18 Å². The monoisotopic (exact) mass is 397 g/mol. The van der Waals surface area contributed by atoms with E-state index in [1.165, 1.54) is 46.4 Å². The van der Waals surface area contributed by atoms with Gasteiger partial charge in [-0.25, -0.2) is 4.98 Å². The molecular formula is C17H11ClF3N3OS. The summed E-state index contributed by atoms with van der Waals surface area (Å²) in [6.45, 7) is 1.78. The zero-order chi connectivity index (χ0) is 18.9. The van der Waals surface area contributed by atoms with Gasteiger partial charge in [0.1, 0.15) is 5.15 Å². The molecule has 0 aliphatic rings. The lowest BCUT2D eigenvalue weighted by Crippen LogP contribution is -2.15. The van der Waals surface area contributed by atoms with Crippen LogP contribution < -0.4 is 4.80 Å². The largest absolute Gasteiger partial charge is 0.416 e. The number of hydrogen-bond donors (Lipinski definition) is 0. The number of benzene rings is 1. The predicted octanol–water partition coefficient (Wildman–Crippen LogP) is 4.66. The molecule has 0 saturated heterocycles. The lowest BCUT2D eigenvalue weighted by atomic mass is 10.2. The highest BCUT2D eigenvalue weighted by molar-refractivity contribution is 7.09. The highest BCUT2D eigenvalue weighted by atomic mass is 35.5. The molecule has 9 heteroatoms. The number of amides is 1. The van der Waals surface area contributed by atoms with E-state index in [0.29, 0.717) is 0 Å². The average molecular weight is 398 g/mol. The summed E-state index contributed by atoms with van der Waals surface area (Å²) in [5.74, 6) is -0.559. The number of halogens is 4. The standard InChI is InChI=1S/C17H11ClF3N3OS/c1-10-9-24(13-4-2-3-12(7-13)17(19,20)21)16(26-10)23-15(25)11-5-6-14(18)22-8-11/h2-9H,1H3. The number of hydrogen-bond acceptors (Lipinski definition) is 3. The van der Waals surface area contributed by atoms with Gasteiger partial charge < -0.3 is 0 Å². The smallest absolute Gasteiger partial charge is 0.292 e. The van der Waals surface area contributed by atoms with Crippen LogP contribution >= 0.6 is 22.9 Å². The van der Waals surface area contributed by atoms with E-state index in [-0.39, 0.29) is 21.2 Å². The summed E-state index contributed by atoms with van der Waals surface area (Å²) in [5.41, 5.74) is -0.272. The number of alkyl halides is 3. The Morgan fingerprint density at radius 3 is 2.69 bits per heavy atom. The van der Waals surface area contributed by atoms with Gasteiger partial charge in [0.25, 0.3) is 5.91 Å². The van der Waals surface area contributed by atoms with E-state index in [1.54, 1.807) is 13.1 Å². The second-order valence-corrected chi connectivity index (χ2v) is 6.93. The normalized spacial score (nSPS) is 12.4. The van der Waals surface area contributed by atoms with Gasteiger partial charge in [-0.15, -0.1) is 11.3 Å². The number of nitrogens with zero attached hydrogens (tertiary/aromatic N) is 3. The number of carbonyl (C=O) groups excluding carboxylic acids is 1. The number of carbonyl (C=O) groups is 1. The minimum Gasteiger partial charge on any atom is -0.292 e. The molecule has 0 radical (unpaired) electrons. The summed E-state index contributed by atoms with van der Waals surface area (Å²) in [4.78, 5) is 21.2. The maximum Gasteiger partial charge on any atom is 0.416 e. The van der Waals surface area contributed by atoms with Gasteiger partial charge in [0.15, 0.2) is 4.80 Å². The fourth-order valence-electron chi connectivity index (χ4n) is 2.20. The van der Waals surface area contributed by atoms with Crippen LogP contribution in [0, 0.1) is 6.92 Å². The Hall–Kier alpha value is -2.45. The van der Waals surface area contributed by atoms with E-state index in [2.05, 4.69) is 9.98 Å². The Balaban J connectivity index is 2.06. The number of aryl methyl sites for hydroxylation is 1. The Morgan fingerprint density at radius 1 is 1.27 bits per heavy atom. The summed E-state index contributed by atoms with van der Waals surface area (Å²) in [6.07, 6.45) is -1.53. The molecule has 1 aromatic carbocycles. The molecule has 2 heterocycles. The molecule has 1 amide bonds. The third-order valence-electron chi connectivity index (χ3n) is 3.39. The SMILES string of the molecule is Cc1cn(-c2cccc(C(F)(F)F)c2)c(=NC(=O)c2ccc(Cl)nc2)s1. The van der Waals surface area contributed by atoms with E-state index in [1.807, 2.05) is 0 Å². The molecule has 0 fully saturated rings. The first-order chi connectivity index (χ1) is 12.2. The van der Waals surface area contributed by atoms with Crippen LogP contribution in [-0.4, -0.2) is 15.5 Å². The van der Waals surface area contributed by atoms with Crippen LogP contribution in [0.5, 0.6) is 0 Å². The van der Waals surface area contributed by atoms with Crippen LogP contribution in [0.1, 0.15) is 20.8 Å². The highest BCUT2D eigenvalue weighted by Crippen LogP contribution is 2.30. The molecule has 3 aromatic rings. The fourth-order valence-corrected chi connectivity index (χ4v) is 3.15. The molecule has 0 N–H and O–H groups in total. The lowest BCUT2D eigenvalue weighted by molar-refractivity contribution is -0.137. The van der Waals surface area contributed by atoms with Gasteiger partial charge >= 0.3 is 6.18 Å². The molecule has 26 heavy (non-hydrogen) atoms.